The van der Waals surface area contributed by atoms with Crippen LogP contribution in [0.25, 0.3) is 5.82 Å². The van der Waals surface area contributed by atoms with Crippen LogP contribution < -0.4 is 10.1 Å². The Hall–Kier alpha value is -3.15. The first-order valence-electron chi connectivity index (χ1n) is 9.44. The smallest absolute Gasteiger partial charge is 0.261 e. The van der Waals surface area contributed by atoms with Crippen LogP contribution in [0.1, 0.15) is 43.4 Å². The molecule has 0 spiro atoms. The van der Waals surface area contributed by atoms with Crippen molar-refractivity contribution in [2.45, 2.75) is 46.3 Å². The van der Waals surface area contributed by atoms with Crippen molar-refractivity contribution in [1.82, 2.24) is 20.1 Å². The van der Waals surface area contributed by atoms with Crippen LogP contribution in [0.4, 0.5) is 0 Å². The van der Waals surface area contributed by atoms with Gasteiger partial charge in [0.15, 0.2) is 11.9 Å². The largest absolute Gasteiger partial charge is 0.481 e. The van der Waals surface area contributed by atoms with E-state index < -0.39 is 6.10 Å². The maximum atomic E-state index is 12.4. The van der Waals surface area contributed by atoms with Gasteiger partial charge in [-0.2, -0.15) is 5.10 Å². The van der Waals surface area contributed by atoms with Gasteiger partial charge in [0.05, 0.1) is 0 Å². The molecule has 0 saturated carbocycles. The van der Waals surface area contributed by atoms with Gasteiger partial charge >= 0.3 is 0 Å². The molecule has 146 valence electrons. The normalized spacial score (nSPS) is 12.0. The molecule has 3 aromatic rings. The number of rotatable bonds is 7. The number of hydrogen-bond acceptors (Lipinski definition) is 4. The van der Waals surface area contributed by atoms with Crippen molar-refractivity contribution in [3.63, 3.8) is 0 Å². The van der Waals surface area contributed by atoms with Crippen molar-refractivity contribution in [2.75, 3.05) is 0 Å². The van der Waals surface area contributed by atoms with Gasteiger partial charge in [0.1, 0.15) is 5.75 Å². The molecule has 3 rings (SSSR count). The molecule has 0 fully saturated rings. The second-order valence-electron chi connectivity index (χ2n) is 7.12. The Bertz CT molecular complexity index is 935. The first kappa shape index (κ1) is 19.6. The van der Waals surface area contributed by atoms with Crippen molar-refractivity contribution in [3.05, 3.63) is 71.7 Å². The Morgan fingerprint density at radius 3 is 2.68 bits per heavy atom. The Morgan fingerprint density at radius 2 is 2.00 bits per heavy atom. The fourth-order valence-electron chi connectivity index (χ4n) is 3.06. The third kappa shape index (κ3) is 4.76. The highest BCUT2D eigenvalue weighted by Gasteiger charge is 2.15. The fraction of sp³-hybridized carbons (Fsp3) is 0.318. The summed E-state index contributed by atoms with van der Waals surface area (Å²) in [6.45, 7) is 8.54. The van der Waals surface area contributed by atoms with E-state index in [1.165, 1.54) is 11.1 Å². The molecule has 2 aromatic heterocycles. The van der Waals surface area contributed by atoms with E-state index in [9.17, 15) is 4.79 Å². The van der Waals surface area contributed by atoms with E-state index in [-0.39, 0.29) is 5.91 Å². The number of ether oxygens (including phenoxy) is 1. The number of aromatic nitrogens is 3. The lowest BCUT2D eigenvalue weighted by Crippen LogP contribution is -2.35. The zero-order valence-corrected chi connectivity index (χ0v) is 16.7. The predicted octanol–water partition coefficient (Wildman–Crippen LogP) is 3.78. The number of nitrogens with one attached hydrogen (secondary N) is 1. The van der Waals surface area contributed by atoms with Crippen LogP contribution >= 0.6 is 0 Å². The monoisotopic (exact) mass is 378 g/mol. The number of carbonyl (C=O) groups excluding carboxylic acids is 1. The topological polar surface area (TPSA) is 69.0 Å². The van der Waals surface area contributed by atoms with Crippen molar-refractivity contribution >= 4 is 5.91 Å². The van der Waals surface area contributed by atoms with Gasteiger partial charge in [-0.1, -0.05) is 19.9 Å². The maximum Gasteiger partial charge on any atom is 0.261 e. The van der Waals surface area contributed by atoms with Gasteiger partial charge in [-0.15, -0.1) is 0 Å². The molecule has 1 amide bonds. The average molecular weight is 378 g/mol. The molecule has 0 radical (unpaired) electrons. The number of hydrogen-bond donors (Lipinski definition) is 1. The van der Waals surface area contributed by atoms with Crippen LogP contribution in [0.3, 0.4) is 0 Å². The van der Waals surface area contributed by atoms with Crippen LogP contribution in [-0.4, -0.2) is 26.8 Å². The minimum absolute atomic E-state index is 0.164. The van der Waals surface area contributed by atoms with Gasteiger partial charge in [0, 0.05) is 25.1 Å². The second kappa shape index (κ2) is 8.69. The third-order valence-electron chi connectivity index (χ3n) is 4.56. The van der Waals surface area contributed by atoms with E-state index in [4.69, 9.17) is 4.74 Å². The molecule has 0 saturated heterocycles. The van der Waals surface area contributed by atoms with Crippen molar-refractivity contribution in [2.24, 2.45) is 0 Å². The number of aryl methyl sites for hydroxylation is 1. The lowest BCUT2D eigenvalue weighted by molar-refractivity contribution is -0.127. The number of carbonyl (C=O) groups is 1. The van der Waals surface area contributed by atoms with Crippen LogP contribution in [0.15, 0.2) is 55.0 Å². The van der Waals surface area contributed by atoms with Gasteiger partial charge in [-0.3, -0.25) is 4.79 Å². The molecule has 2 heterocycles. The molecule has 6 heteroatoms. The highest BCUT2D eigenvalue weighted by Crippen LogP contribution is 2.24. The zero-order chi connectivity index (χ0) is 20.1. The summed E-state index contributed by atoms with van der Waals surface area (Å²) in [6, 6.07) is 11.6. The molecular formula is C22H26N4O2. The molecule has 0 aliphatic heterocycles. The lowest BCUT2D eigenvalue weighted by Gasteiger charge is -2.17. The van der Waals surface area contributed by atoms with E-state index in [2.05, 4.69) is 42.2 Å². The van der Waals surface area contributed by atoms with Crippen molar-refractivity contribution in [3.8, 4) is 11.6 Å². The van der Waals surface area contributed by atoms with Crippen molar-refractivity contribution < 1.29 is 9.53 Å². The van der Waals surface area contributed by atoms with Gasteiger partial charge in [0.2, 0.25) is 0 Å². The van der Waals surface area contributed by atoms with Gasteiger partial charge in [-0.05, 0) is 66.8 Å². The predicted molar refractivity (Wildman–Crippen MR) is 109 cm³/mol. The molecule has 1 N–H and O–H groups in total. The summed E-state index contributed by atoms with van der Waals surface area (Å²) in [7, 11) is 0. The van der Waals surface area contributed by atoms with Gasteiger partial charge in [-0.25, -0.2) is 9.67 Å². The van der Waals surface area contributed by atoms with Gasteiger partial charge in [0.25, 0.3) is 5.91 Å². The van der Waals surface area contributed by atoms with Crippen LogP contribution in [0, 0.1) is 6.92 Å². The first-order valence-corrected chi connectivity index (χ1v) is 9.44. The van der Waals surface area contributed by atoms with Gasteiger partial charge < -0.3 is 10.1 Å². The highest BCUT2D eigenvalue weighted by atomic mass is 16.5. The standard InChI is InChI=1S/C22H26N4O2/c1-15(2)20-7-6-19(12-16(20)3)28-17(4)22(27)24-14-18-8-10-23-21(13-18)26-11-5-9-25-26/h5-13,15,17H,14H2,1-4H3,(H,24,27). The summed E-state index contributed by atoms with van der Waals surface area (Å²) in [6.07, 6.45) is 4.64. The van der Waals surface area contributed by atoms with E-state index >= 15 is 0 Å². The molecule has 6 nitrogen and oxygen atoms in total. The fourth-order valence-corrected chi connectivity index (χ4v) is 3.06. The quantitative estimate of drug-likeness (QED) is 0.679. The number of nitrogens with zero attached hydrogens (tertiary/aromatic N) is 3. The number of pyridine rings is 1. The molecule has 0 aliphatic carbocycles. The lowest BCUT2D eigenvalue weighted by atomic mass is 9.98. The van der Waals surface area contributed by atoms with E-state index in [1.807, 2.05) is 36.5 Å². The summed E-state index contributed by atoms with van der Waals surface area (Å²) in [5, 5.41) is 7.08. The molecule has 0 bridgehead atoms. The minimum Gasteiger partial charge on any atom is -0.481 e. The molecular weight excluding hydrogens is 352 g/mol. The number of benzene rings is 1. The molecule has 0 aliphatic rings. The van der Waals surface area contributed by atoms with Crippen molar-refractivity contribution in [1.29, 1.82) is 0 Å². The summed E-state index contributed by atoms with van der Waals surface area (Å²) in [4.78, 5) is 16.7. The molecule has 1 unspecified atom stereocenters. The SMILES string of the molecule is Cc1cc(OC(C)C(=O)NCc2ccnc(-n3cccn3)c2)ccc1C(C)C. The number of amides is 1. The van der Waals surface area contributed by atoms with E-state index in [0.29, 0.717) is 24.0 Å². The Kier molecular flexibility index (Phi) is 6.09. The van der Waals surface area contributed by atoms with E-state index in [0.717, 1.165) is 5.56 Å². The van der Waals surface area contributed by atoms with Crippen LogP contribution in [0.5, 0.6) is 5.75 Å². The summed E-state index contributed by atoms with van der Waals surface area (Å²) < 4.78 is 7.51. The highest BCUT2D eigenvalue weighted by molar-refractivity contribution is 5.80. The average Bonchev–Trinajstić information content (AvgIpc) is 3.21. The Balaban J connectivity index is 1.58. The summed E-state index contributed by atoms with van der Waals surface area (Å²) in [5.41, 5.74) is 3.40. The molecule has 1 atom stereocenters. The molecule has 28 heavy (non-hydrogen) atoms. The minimum atomic E-state index is -0.586. The Labute approximate surface area is 165 Å². The zero-order valence-electron chi connectivity index (χ0n) is 16.7. The second-order valence-corrected chi connectivity index (χ2v) is 7.12. The summed E-state index contributed by atoms with van der Waals surface area (Å²) in [5.74, 6) is 1.71. The van der Waals surface area contributed by atoms with Crippen LogP contribution in [0.2, 0.25) is 0 Å². The third-order valence-corrected chi connectivity index (χ3v) is 4.56. The van der Waals surface area contributed by atoms with E-state index in [1.54, 1.807) is 24.0 Å². The molecule has 1 aromatic carbocycles. The van der Waals surface area contributed by atoms with Crippen LogP contribution in [-0.2, 0) is 11.3 Å². The summed E-state index contributed by atoms with van der Waals surface area (Å²) >= 11 is 0. The Morgan fingerprint density at radius 1 is 1.18 bits per heavy atom. The first-order chi connectivity index (χ1) is 13.4. The maximum absolute atomic E-state index is 12.4.